The number of hydrogen-bond donors (Lipinski definition) is 0. The second-order valence-corrected chi connectivity index (χ2v) is 3.46. The van der Waals surface area contributed by atoms with E-state index >= 15 is 0 Å². The van der Waals surface area contributed by atoms with Crippen LogP contribution in [0.5, 0.6) is 0 Å². The fourth-order valence-electron chi connectivity index (χ4n) is 1.10. The van der Waals surface area contributed by atoms with Crippen molar-refractivity contribution in [1.29, 1.82) is 0 Å². The summed E-state index contributed by atoms with van der Waals surface area (Å²) in [6, 6.07) is 1.97. The summed E-state index contributed by atoms with van der Waals surface area (Å²) in [6.07, 6.45) is 9.95. The summed E-state index contributed by atoms with van der Waals surface area (Å²) >= 11 is 0. The number of nitrogens with zero attached hydrogens (tertiary/aromatic N) is 2. The Morgan fingerprint density at radius 3 is 2.79 bits per heavy atom. The van der Waals surface area contributed by atoms with Crippen molar-refractivity contribution in [3.8, 4) is 0 Å². The average molecular weight is 188 g/mol. The third kappa shape index (κ3) is 3.13. The molecule has 0 atom stereocenters. The van der Waals surface area contributed by atoms with Gasteiger partial charge in [0.1, 0.15) is 0 Å². The monoisotopic (exact) mass is 188 g/mol. The van der Waals surface area contributed by atoms with E-state index in [1.807, 2.05) is 19.1 Å². The highest BCUT2D eigenvalue weighted by Crippen LogP contribution is 1.92. The summed E-state index contributed by atoms with van der Waals surface area (Å²) in [5.41, 5.74) is 0. The molecule has 1 heterocycles. The van der Waals surface area contributed by atoms with Crippen LogP contribution in [0, 0.1) is 5.92 Å². The Kier molecular flexibility index (Phi) is 4.05. The first kappa shape index (κ1) is 10.6. The number of rotatable bonds is 2. The summed E-state index contributed by atoms with van der Waals surface area (Å²) in [4.78, 5) is 0. The number of hydrogen-bond acceptors (Lipinski definition) is 2. The lowest BCUT2D eigenvalue weighted by Crippen LogP contribution is -2.27. The van der Waals surface area contributed by atoms with Crippen LogP contribution >= 0.6 is 0 Å². The van der Waals surface area contributed by atoms with E-state index in [0.717, 1.165) is 10.6 Å². The first-order chi connectivity index (χ1) is 6.74. The van der Waals surface area contributed by atoms with Gasteiger partial charge in [0.15, 0.2) is 0 Å². The molecule has 0 aliphatic carbocycles. The van der Waals surface area contributed by atoms with Crippen molar-refractivity contribution in [2.75, 3.05) is 0 Å². The Balaban J connectivity index is 3.07. The quantitative estimate of drug-likeness (QED) is 0.698. The van der Waals surface area contributed by atoms with Crippen molar-refractivity contribution in [3.63, 3.8) is 0 Å². The van der Waals surface area contributed by atoms with Crippen LogP contribution in [0.2, 0.25) is 0 Å². The molecule has 0 saturated carbocycles. The van der Waals surface area contributed by atoms with E-state index in [4.69, 9.17) is 0 Å². The molecule has 0 aliphatic rings. The first-order valence-corrected chi connectivity index (χ1v) is 4.86. The summed E-state index contributed by atoms with van der Waals surface area (Å²) < 4.78 is 0. The highest BCUT2D eigenvalue weighted by Gasteiger charge is 1.83. The van der Waals surface area contributed by atoms with Crippen molar-refractivity contribution in [1.82, 2.24) is 10.2 Å². The molecule has 1 aromatic rings. The average Bonchev–Trinajstić information content (AvgIpc) is 2.18. The molecule has 2 nitrogen and oxygen atoms in total. The highest BCUT2D eigenvalue weighted by molar-refractivity contribution is 5.37. The molecule has 0 amide bonds. The maximum Gasteiger partial charge on any atom is 0.0887 e. The molecule has 0 saturated heterocycles. The zero-order valence-electron chi connectivity index (χ0n) is 8.94. The van der Waals surface area contributed by atoms with Gasteiger partial charge < -0.3 is 0 Å². The van der Waals surface area contributed by atoms with E-state index in [1.165, 1.54) is 0 Å². The van der Waals surface area contributed by atoms with Crippen LogP contribution in [0.25, 0.3) is 12.2 Å². The lowest BCUT2D eigenvalue weighted by molar-refractivity contribution is 0.832. The van der Waals surface area contributed by atoms with Gasteiger partial charge in [-0.1, -0.05) is 38.2 Å². The van der Waals surface area contributed by atoms with Gasteiger partial charge >= 0.3 is 0 Å². The Bertz CT molecular complexity index is 416. The van der Waals surface area contributed by atoms with E-state index < -0.39 is 0 Å². The van der Waals surface area contributed by atoms with Crippen molar-refractivity contribution < 1.29 is 0 Å². The molecule has 0 bridgehead atoms. The minimum atomic E-state index is 0.579. The third-order valence-corrected chi connectivity index (χ3v) is 1.83. The molecule has 0 unspecified atom stereocenters. The molecule has 0 aromatic carbocycles. The third-order valence-electron chi connectivity index (χ3n) is 1.83. The van der Waals surface area contributed by atoms with Crippen LogP contribution in [0.1, 0.15) is 20.8 Å². The van der Waals surface area contributed by atoms with Gasteiger partial charge in [-0.3, -0.25) is 0 Å². The molecule has 14 heavy (non-hydrogen) atoms. The number of allylic oxidation sites excluding steroid dienone is 2. The van der Waals surface area contributed by atoms with Crippen LogP contribution < -0.4 is 10.6 Å². The van der Waals surface area contributed by atoms with Crippen molar-refractivity contribution in [2.45, 2.75) is 20.8 Å². The Hall–Kier alpha value is -1.44. The van der Waals surface area contributed by atoms with Crippen LogP contribution in [-0.4, -0.2) is 10.2 Å². The summed E-state index contributed by atoms with van der Waals surface area (Å²) in [5.74, 6) is 0.579. The summed E-state index contributed by atoms with van der Waals surface area (Å²) in [6.45, 7) is 6.28. The Labute approximate surface area is 84.7 Å². The Morgan fingerprint density at radius 1 is 1.36 bits per heavy atom. The summed E-state index contributed by atoms with van der Waals surface area (Å²) in [7, 11) is 0. The van der Waals surface area contributed by atoms with Gasteiger partial charge in [0, 0.05) is 5.22 Å². The zero-order valence-corrected chi connectivity index (χ0v) is 8.94. The normalized spacial score (nSPS) is 14.6. The highest BCUT2D eigenvalue weighted by atomic mass is 15.1. The fraction of sp³-hybridized carbons (Fsp3) is 0.333. The van der Waals surface area contributed by atoms with Gasteiger partial charge in [-0.05, 0) is 18.9 Å². The van der Waals surface area contributed by atoms with Crippen LogP contribution in [0.3, 0.4) is 0 Å². The molecule has 0 aliphatic heterocycles. The van der Waals surface area contributed by atoms with Gasteiger partial charge in [0.2, 0.25) is 0 Å². The predicted molar refractivity (Wildman–Crippen MR) is 59.9 cm³/mol. The predicted octanol–water partition coefficient (Wildman–Crippen LogP) is 1.27. The maximum atomic E-state index is 4.02. The molecule has 1 rings (SSSR count). The molecule has 0 radical (unpaired) electrons. The van der Waals surface area contributed by atoms with Crippen LogP contribution in [-0.2, 0) is 0 Å². The molecular weight excluding hydrogens is 172 g/mol. The molecule has 0 spiro atoms. The standard InChI is InChI=1S/C12H16N2/c1-4-12-11(8-9-13-14-12)7-5-6-10(2)3/h4-10H,1-3H3/b6-5+,11-7-,12-4+. The summed E-state index contributed by atoms with van der Waals surface area (Å²) in [5, 5.41) is 9.90. The second-order valence-electron chi connectivity index (χ2n) is 3.46. The molecular formula is C12H16N2. The first-order valence-electron chi connectivity index (χ1n) is 4.86. The zero-order chi connectivity index (χ0) is 10.4. The van der Waals surface area contributed by atoms with E-state index in [-0.39, 0.29) is 0 Å². The van der Waals surface area contributed by atoms with E-state index in [9.17, 15) is 0 Å². The van der Waals surface area contributed by atoms with E-state index in [2.05, 4.69) is 42.3 Å². The molecule has 0 fully saturated rings. The molecule has 0 N–H and O–H groups in total. The lowest BCUT2D eigenvalue weighted by Gasteiger charge is -1.90. The van der Waals surface area contributed by atoms with Gasteiger partial charge in [-0.25, -0.2) is 0 Å². The molecule has 2 heteroatoms. The van der Waals surface area contributed by atoms with Gasteiger partial charge in [-0.15, -0.1) is 0 Å². The van der Waals surface area contributed by atoms with Crippen molar-refractivity contribution in [2.24, 2.45) is 5.92 Å². The van der Waals surface area contributed by atoms with E-state index in [1.54, 1.807) is 6.20 Å². The van der Waals surface area contributed by atoms with Gasteiger partial charge in [0.25, 0.3) is 0 Å². The minimum absolute atomic E-state index is 0.579. The van der Waals surface area contributed by atoms with Crippen molar-refractivity contribution >= 4 is 12.2 Å². The Morgan fingerprint density at radius 2 is 2.14 bits per heavy atom. The van der Waals surface area contributed by atoms with E-state index in [0.29, 0.717) is 5.92 Å². The smallest absolute Gasteiger partial charge is 0.0887 e. The largest absolute Gasteiger partial charge is 0.159 e. The van der Waals surface area contributed by atoms with Crippen molar-refractivity contribution in [3.05, 3.63) is 35.0 Å². The topological polar surface area (TPSA) is 25.8 Å². The van der Waals surface area contributed by atoms with Gasteiger partial charge in [0.05, 0.1) is 11.5 Å². The molecule has 74 valence electrons. The SMILES string of the molecule is C/C=c1/nncc/c1=C/C=C/C(C)C. The van der Waals surface area contributed by atoms with Gasteiger partial charge in [-0.2, -0.15) is 10.2 Å². The number of aromatic nitrogens is 2. The second kappa shape index (κ2) is 5.32. The lowest BCUT2D eigenvalue weighted by atomic mass is 10.2. The van der Waals surface area contributed by atoms with Crippen LogP contribution in [0.4, 0.5) is 0 Å². The van der Waals surface area contributed by atoms with Crippen LogP contribution in [0.15, 0.2) is 24.4 Å². The maximum absolute atomic E-state index is 4.02. The fourth-order valence-corrected chi connectivity index (χ4v) is 1.10. The minimum Gasteiger partial charge on any atom is -0.159 e. The molecule has 1 aromatic heterocycles.